The number of rotatable bonds is 7. The molecular formula is C15H23NO3S. The normalized spacial score (nSPS) is 17.7. The number of thioether (sulfide) groups is 1. The van der Waals surface area contributed by atoms with E-state index in [1.54, 1.807) is 7.11 Å². The van der Waals surface area contributed by atoms with Gasteiger partial charge in [0.05, 0.1) is 7.11 Å². The summed E-state index contributed by atoms with van der Waals surface area (Å²) in [6.07, 6.45) is 1.89. The Balaban J connectivity index is 1.67. The van der Waals surface area contributed by atoms with E-state index in [1.807, 2.05) is 36.0 Å². The van der Waals surface area contributed by atoms with E-state index in [0.29, 0.717) is 19.2 Å². The summed E-state index contributed by atoms with van der Waals surface area (Å²) in [4.78, 5) is 0. The Kier molecular flexibility index (Phi) is 6.50. The molecular weight excluding hydrogens is 274 g/mol. The van der Waals surface area contributed by atoms with Crippen LogP contribution in [0.2, 0.25) is 0 Å². The SMILES string of the molecule is COc1cccc(OC[C@H](O)CNC2CCSCC2)c1. The Hall–Kier alpha value is -0.910. The molecule has 0 aliphatic carbocycles. The lowest BCUT2D eigenvalue weighted by molar-refractivity contribution is 0.103. The van der Waals surface area contributed by atoms with Gasteiger partial charge in [-0.2, -0.15) is 11.8 Å². The molecule has 0 radical (unpaired) electrons. The topological polar surface area (TPSA) is 50.7 Å². The van der Waals surface area contributed by atoms with Gasteiger partial charge in [0.2, 0.25) is 0 Å². The number of benzene rings is 1. The average Bonchev–Trinajstić information content (AvgIpc) is 2.52. The lowest BCUT2D eigenvalue weighted by Gasteiger charge is -2.24. The highest BCUT2D eigenvalue weighted by atomic mass is 32.2. The van der Waals surface area contributed by atoms with E-state index >= 15 is 0 Å². The molecule has 0 bridgehead atoms. The van der Waals surface area contributed by atoms with Crippen molar-refractivity contribution in [3.8, 4) is 11.5 Å². The van der Waals surface area contributed by atoms with Crippen LogP contribution in [0.3, 0.4) is 0 Å². The van der Waals surface area contributed by atoms with Crippen molar-refractivity contribution in [3.05, 3.63) is 24.3 Å². The van der Waals surface area contributed by atoms with E-state index in [-0.39, 0.29) is 0 Å². The first-order valence-electron chi connectivity index (χ1n) is 7.04. The molecule has 2 rings (SSSR count). The Labute approximate surface area is 124 Å². The van der Waals surface area contributed by atoms with Crippen LogP contribution in [0.15, 0.2) is 24.3 Å². The lowest BCUT2D eigenvalue weighted by atomic mass is 10.1. The molecule has 0 saturated carbocycles. The van der Waals surface area contributed by atoms with E-state index in [0.717, 1.165) is 11.5 Å². The highest BCUT2D eigenvalue weighted by molar-refractivity contribution is 7.99. The van der Waals surface area contributed by atoms with Crippen molar-refractivity contribution < 1.29 is 14.6 Å². The van der Waals surface area contributed by atoms with Gasteiger partial charge in [-0.05, 0) is 36.5 Å². The Morgan fingerprint density at radius 3 is 2.85 bits per heavy atom. The highest BCUT2D eigenvalue weighted by Crippen LogP contribution is 2.19. The van der Waals surface area contributed by atoms with Gasteiger partial charge in [-0.1, -0.05) is 6.07 Å². The van der Waals surface area contributed by atoms with E-state index in [2.05, 4.69) is 5.32 Å². The summed E-state index contributed by atoms with van der Waals surface area (Å²) in [5, 5.41) is 13.4. The van der Waals surface area contributed by atoms with Crippen molar-refractivity contribution in [1.29, 1.82) is 0 Å². The zero-order valence-corrected chi connectivity index (χ0v) is 12.7. The predicted molar refractivity (Wildman–Crippen MR) is 82.8 cm³/mol. The molecule has 1 atom stereocenters. The van der Waals surface area contributed by atoms with E-state index in [4.69, 9.17) is 9.47 Å². The van der Waals surface area contributed by atoms with Crippen molar-refractivity contribution in [2.45, 2.75) is 25.0 Å². The largest absolute Gasteiger partial charge is 0.497 e. The van der Waals surface area contributed by atoms with Crippen molar-refractivity contribution in [2.24, 2.45) is 0 Å². The van der Waals surface area contributed by atoms with Crippen LogP contribution in [0, 0.1) is 0 Å². The van der Waals surface area contributed by atoms with Gasteiger partial charge in [-0.15, -0.1) is 0 Å². The minimum atomic E-state index is -0.490. The number of aliphatic hydroxyl groups is 1. The molecule has 0 amide bonds. The van der Waals surface area contributed by atoms with Crippen LogP contribution >= 0.6 is 11.8 Å². The van der Waals surface area contributed by atoms with Crippen molar-refractivity contribution in [1.82, 2.24) is 5.32 Å². The molecule has 112 valence electrons. The molecule has 20 heavy (non-hydrogen) atoms. The third-order valence-corrected chi connectivity index (χ3v) is 4.40. The zero-order valence-electron chi connectivity index (χ0n) is 11.9. The molecule has 0 unspecified atom stereocenters. The summed E-state index contributed by atoms with van der Waals surface area (Å²) < 4.78 is 10.7. The summed E-state index contributed by atoms with van der Waals surface area (Å²) >= 11 is 2.00. The molecule has 1 fully saturated rings. The van der Waals surface area contributed by atoms with Gasteiger partial charge in [0.1, 0.15) is 24.2 Å². The minimum absolute atomic E-state index is 0.293. The van der Waals surface area contributed by atoms with E-state index < -0.39 is 6.10 Å². The number of aliphatic hydroxyl groups excluding tert-OH is 1. The molecule has 0 aromatic heterocycles. The van der Waals surface area contributed by atoms with E-state index in [9.17, 15) is 5.11 Å². The van der Waals surface area contributed by atoms with Crippen LogP contribution in [-0.2, 0) is 0 Å². The van der Waals surface area contributed by atoms with Gasteiger partial charge < -0.3 is 19.9 Å². The Morgan fingerprint density at radius 2 is 2.10 bits per heavy atom. The van der Waals surface area contributed by atoms with Crippen LogP contribution in [0.25, 0.3) is 0 Å². The number of hydrogen-bond acceptors (Lipinski definition) is 5. The second-order valence-electron chi connectivity index (χ2n) is 4.94. The van der Waals surface area contributed by atoms with Gasteiger partial charge in [-0.25, -0.2) is 0 Å². The fraction of sp³-hybridized carbons (Fsp3) is 0.600. The number of nitrogens with one attached hydrogen (secondary N) is 1. The molecule has 1 aromatic rings. The third kappa shape index (κ3) is 5.23. The molecule has 1 aliphatic heterocycles. The quantitative estimate of drug-likeness (QED) is 0.805. The smallest absolute Gasteiger partial charge is 0.123 e. The molecule has 0 spiro atoms. The molecule has 1 aliphatic rings. The fourth-order valence-corrected chi connectivity index (χ4v) is 3.25. The Bertz CT molecular complexity index is 396. The van der Waals surface area contributed by atoms with Crippen LogP contribution < -0.4 is 14.8 Å². The number of hydrogen-bond donors (Lipinski definition) is 2. The monoisotopic (exact) mass is 297 g/mol. The predicted octanol–water partition coefficient (Wildman–Crippen LogP) is 1.92. The first-order valence-corrected chi connectivity index (χ1v) is 8.19. The van der Waals surface area contributed by atoms with Gasteiger partial charge in [0.15, 0.2) is 0 Å². The highest BCUT2D eigenvalue weighted by Gasteiger charge is 2.14. The second kappa shape index (κ2) is 8.39. The lowest BCUT2D eigenvalue weighted by Crippen LogP contribution is -2.39. The van der Waals surface area contributed by atoms with Gasteiger partial charge in [-0.3, -0.25) is 0 Å². The Morgan fingerprint density at radius 1 is 1.35 bits per heavy atom. The second-order valence-corrected chi connectivity index (χ2v) is 6.16. The first-order chi connectivity index (χ1) is 9.78. The third-order valence-electron chi connectivity index (χ3n) is 3.35. The average molecular weight is 297 g/mol. The van der Waals surface area contributed by atoms with Crippen molar-refractivity contribution >= 4 is 11.8 Å². The zero-order chi connectivity index (χ0) is 14.2. The number of methoxy groups -OCH3 is 1. The molecule has 5 heteroatoms. The van der Waals surface area contributed by atoms with Crippen LogP contribution in [0.4, 0.5) is 0 Å². The summed E-state index contributed by atoms with van der Waals surface area (Å²) in [5.74, 6) is 3.91. The molecule has 1 heterocycles. The summed E-state index contributed by atoms with van der Waals surface area (Å²) in [5.41, 5.74) is 0. The summed E-state index contributed by atoms with van der Waals surface area (Å²) in [6.45, 7) is 0.876. The van der Waals surface area contributed by atoms with Crippen LogP contribution in [0.5, 0.6) is 11.5 Å². The molecule has 1 saturated heterocycles. The maximum absolute atomic E-state index is 9.94. The maximum Gasteiger partial charge on any atom is 0.123 e. The van der Waals surface area contributed by atoms with Gasteiger partial charge in [0, 0.05) is 18.7 Å². The fourth-order valence-electron chi connectivity index (χ4n) is 2.15. The minimum Gasteiger partial charge on any atom is -0.497 e. The molecule has 4 nitrogen and oxygen atoms in total. The summed E-state index contributed by atoms with van der Waals surface area (Å²) in [6, 6.07) is 7.96. The van der Waals surface area contributed by atoms with Crippen molar-refractivity contribution in [2.75, 3.05) is 31.8 Å². The first kappa shape index (κ1) is 15.5. The van der Waals surface area contributed by atoms with Gasteiger partial charge >= 0.3 is 0 Å². The van der Waals surface area contributed by atoms with Crippen LogP contribution in [-0.4, -0.2) is 49.0 Å². The molecule has 2 N–H and O–H groups in total. The number of ether oxygens (including phenoxy) is 2. The van der Waals surface area contributed by atoms with Crippen LogP contribution in [0.1, 0.15) is 12.8 Å². The van der Waals surface area contributed by atoms with Gasteiger partial charge in [0.25, 0.3) is 0 Å². The van der Waals surface area contributed by atoms with Crippen molar-refractivity contribution in [3.63, 3.8) is 0 Å². The summed E-state index contributed by atoms with van der Waals surface area (Å²) in [7, 11) is 1.63. The van der Waals surface area contributed by atoms with E-state index in [1.165, 1.54) is 24.3 Å². The maximum atomic E-state index is 9.94. The standard InChI is InChI=1S/C15H23NO3S/c1-18-14-3-2-4-15(9-14)19-11-13(17)10-16-12-5-7-20-8-6-12/h2-4,9,12-13,16-17H,5-8,10-11H2,1H3/t13-/m1/s1. The molecule has 1 aromatic carbocycles.